The lowest BCUT2D eigenvalue weighted by molar-refractivity contribution is -0.384. The lowest BCUT2D eigenvalue weighted by atomic mass is 10.1. The number of nitrogens with one attached hydrogen (secondary N) is 1. The fourth-order valence-corrected chi connectivity index (χ4v) is 2.20. The van der Waals surface area contributed by atoms with Crippen molar-refractivity contribution in [1.29, 1.82) is 0 Å². The summed E-state index contributed by atoms with van der Waals surface area (Å²) in [6.07, 6.45) is -2.27. The summed E-state index contributed by atoms with van der Waals surface area (Å²) in [4.78, 5) is 44.8. The van der Waals surface area contributed by atoms with Crippen LogP contribution < -0.4 is 5.32 Å². The molecule has 1 atom stereocenters. The Morgan fingerprint density at radius 1 is 1.26 bits per heavy atom. The van der Waals surface area contributed by atoms with Gasteiger partial charge in [0, 0.05) is 17.7 Å². The van der Waals surface area contributed by atoms with Gasteiger partial charge in [0.25, 0.3) is 11.6 Å². The molecule has 0 aliphatic carbocycles. The molecule has 0 spiro atoms. The Morgan fingerprint density at radius 2 is 1.96 bits per heavy atom. The first kappa shape index (κ1) is 19.9. The number of hydrogen-bond donors (Lipinski definition) is 1. The lowest BCUT2D eigenvalue weighted by Crippen LogP contribution is -2.39. The number of nitro benzene ring substituents is 1. The monoisotopic (exact) mass is 396 g/mol. The molecule has 1 N–H and O–H groups in total. The number of methoxy groups -OCH3 is 1. The van der Waals surface area contributed by atoms with Crippen molar-refractivity contribution in [2.24, 2.45) is 0 Å². The molecule has 0 saturated heterocycles. The highest BCUT2D eigenvalue weighted by molar-refractivity contribution is 6.33. The minimum atomic E-state index is -1.28. The van der Waals surface area contributed by atoms with Gasteiger partial charge in [-0.15, -0.1) is 0 Å². The number of nitro groups is 1. The molecule has 1 heterocycles. The highest BCUT2D eigenvalue weighted by atomic mass is 35.5. The number of rotatable bonds is 5. The molecule has 10 nitrogen and oxygen atoms in total. The number of esters is 1. The van der Waals surface area contributed by atoms with Gasteiger partial charge < -0.3 is 13.9 Å². The molecular formula is C16H13ClN2O8. The first-order chi connectivity index (χ1) is 12.7. The number of alkyl carbamates (subject to hydrolysis) is 1. The van der Waals surface area contributed by atoms with Gasteiger partial charge in [-0.1, -0.05) is 11.6 Å². The van der Waals surface area contributed by atoms with E-state index in [2.05, 4.69) is 4.74 Å². The molecule has 0 fully saturated rings. The first-order valence-corrected chi connectivity index (χ1v) is 7.74. The maximum Gasteiger partial charge on any atom is 0.413 e. The molecule has 0 bridgehead atoms. The average Bonchev–Trinajstić information content (AvgIpc) is 3.11. The molecule has 0 unspecified atom stereocenters. The molecule has 0 aliphatic heterocycles. The maximum absolute atomic E-state index is 12.1. The lowest BCUT2D eigenvalue weighted by Gasteiger charge is -2.11. The summed E-state index contributed by atoms with van der Waals surface area (Å²) in [6, 6.07) is 6.47. The van der Waals surface area contributed by atoms with Crippen molar-refractivity contribution in [2.75, 3.05) is 7.11 Å². The first-order valence-electron chi connectivity index (χ1n) is 7.37. The highest BCUT2D eigenvalue weighted by Gasteiger charge is 2.23. The Morgan fingerprint density at radius 3 is 2.56 bits per heavy atom. The average molecular weight is 397 g/mol. The van der Waals surface area contributed by atoms with Crippen LogP contribution in [0.4, 0.5) is 10.5 Å². The number of non-ortho nitro benzene ring substituents is 1. The SMILES string of the molecule is COC(=O)NC(=O)[C@H](C)OC(=O)c1ccc(-c2ccc([N+](=O)[O-])cc2Cl)o1. The molecule has 27 heavy (non-hydrogen) atoms. The van der Waals surface area contributed by atoms with Crippen molar-refractivity contribution in [2.45, 2.75) is 13.0 Å². The van der Waals surface area contributed by atoms with Gasteiger partial charge in [0.15, 0.2) is 6.10 Å². The fourth-order valence-electron chi connectivity index (χ4n) is 1.94. The number of ether oxygens (including phenoxy) is 2. The summed E-state index contributed by atoms with van der Waals surface area (Å²) in [5.74, 6) is -1.88. The Balaban J connectivity index is 2.11. The van der Waals surface area contributed by atoms with Crippen LogP contribution in [0.25, 0.3) is 11.3 Å². The van der Waals surface area contributed by atoms with Crippen molar-refractivity contribution in [3.8, 4) is 11.3 Å². The van der Waals surface area contributed by atoms with Gasteiger partial charge in [-0.25, -0.2) is 9.59 Å². The second kappa shape index (κ2) is 8.32. The third-order valence-corrected chi connectivity index (χ3v) is 3.61. The van der Waals surface area contributed by atoms with Crippen LogP contribution in [-0.4, -0.2) is 36.1 Å². The predicted molar refractivity (Wildman–Crippen MR) is 91.2 cm³/mol. The molecule has 2 aromatic rings. The number of hydrogen-bond acceptors (Lipinski definition) is 8. The van der Waals surface area contributed by atoms with Crippen molar-refractivity contribution in [3.63, 3.8) is 0 Å². The molecule has 1 aromatic heterocycles. The van der Waals surface area contributed by atoms with E-state index in [1.54, 1.807) is 0 Å². The standard InChI is InChI=1S/C16H13ClN2O8/c1-8(14(20)18-16(22)25-2)26-15(21)13-6-5-12(27-13)10-4-3-9(19(23)24)7-11(10)17/h3-8H,1-2H3,(H,18,20,22)/t8-/m0/s1. The van der Waals surface area contributed by atoms with Crippen molar-refractivity contribution >= 4 is 35.3 Å². The third kappa shape index (κ3) is 4.82. The van der Waals surface area contributed by atoms with E-state index in [0.717, 1.165) is 13.2 Å². The zero-order valence-electron chi connectivity index (χ0n) is 14.1. The quantitative estimate of drug-likeness (QED) is 0.462. The number of nitrogens with zero attached hydrogens (tertiary/aromatic N) is 1. The minimum absolute atomic E-state index is 0.0595. The van der Waals surface area contributed by atoms with Crippen LogP contribution in [-0.2, 0) is 14.3 Å². The van der Waals surface area contributed by atoms with Gasteiger partial charge in [-0.3, -0.25) is 20.2 Å². The predicted octanol–water partition coefficient (Wildman–Crippen LogP) is 2.94. The topological polar surface area (TPSA) is 138 Å². The Labute approximate surface area is 157 Å². The summed E-state index contributed by atoms with van der Waals surface area (Å²) in [5, 5.41) is 12.7. The van der Waals surface area contributed by atoms with Crippen molar-refractivity contribution in [3.05, 3.63) is 51.2 Å². The number of amides is 2. The van der Waals surface area contributed by atoms with E-state index in [1.807, 2.05) is 5.32 Å². The third-order valence-electron chi connectivity index (χ3n) is 3.30. The highest BCUT2D eigenvalue weighted by Crippen LogP contribution is 2.32. The van der Waals surface area contributed by atoms with Crippen LogP contribution in [0.15, 0.2) is 34.7 Å². The molecule has 2 amide bonds. The molecule has 142 valence electrons. The zero-order chi connectivity index (χ0) is 20.1. The van der Waals surface area contributed by atoms with Gasteiger partial charge in [0.05, 0.1) is 17.1 Å². The number of benzene rings is 1. The number of furan rings is 1. The van der Waals surface area contributed by atoms with Gasteiger partial charge in [0.1, 0.15) is 5.76 Å². The smallest absolute Gasteiger partial charge is 0.413 e. The van der Waals surface area contributed by atoms with Gasteiger partial charge >= 0.3 is 12.1 Å². The van der Waals surface area contributed by atoms with Crippen LogP contribution in [0, 0.1) is 10.1 Å². The number of imide groups is 1. The molecule has 0 saturated carbocycles. The second-order valence-corrected chi connectivity index (χ2v) is 5.52. The van der Waals surface area contributed by atoms with E-state index < -0.39 is 29.0 Å². The van der Waals surface area contributed by atoms with E-state index >= 15 is 0 Å². The number of halogens is 1. The van der Waals surface area contributed by atoms with E-state index in [0.29, 0.717) is 5.56 Å². The number of carbonyl (C=O) groups is 3. The summed E-state index contributed by atoms with van der Waals surface area (Å²) >= 11 is 6.01. The minimum Gasteiger partial charge on any atom is -0.453 e. The summed E-state index contributed by atoms with van der Waals surface area (Å²) in [6.45, 7) is 1.26. The Hall–Kier alpha value is -3.40. The molecule has 11 heteroatoms. The number of carbonyl (C=O) groups excluding carboxylic acids is 3. The Kier molecular flexibility index (Phi) is 6.14. The molecule has 2 rings (SSSR count). The normalized spacial score (nSPS) is 11.4. The van der Waals surface area contributed by atoms with Crippen molar-refractivity contribution in [1.82, 2.24) is 5.32 Å². The van der Waals surface area contributed by atoms with E-state index in [4.69, 9.17) is 20.8 Å². The van der Waals surface area contributed by atoms with Crippen LogP contribution in [0.2, 0.25) is 5.02 Å². The van der Waals surface area contributed by atoms with E-state index in [-0.39, 0.29) is 22.2 Å². The molecule has 0 aliphatic rings. The molecule has 0 radical (unpaired) electrons. The molecular weight excluding hydrogens is 384 g/mol. The summed E-state index contributed by atoms with van der Waals surface area (Å²) < 4.78 is 14.5. The van der Waals surface area contributed by atoms with E-state index in [9.17, 15) is 24.5 Å². The van der Waals surface area contributed by atoms with Crippen molar-refractivity contribution < 1.29 is 33.2 Å². The van der Waals surface area contributed by atoms with Crippen LogP contribution in [0.5, 0.6) is 0 Å². The van der Waals surface area contributed by atoms with Gasteiger partial charge in [-0.05, 0) is 25.1 Å². The van der Waals surface area contributed by atoms with Crippen LogP contribution >= 0.6 is 11.6 Å². The fraction of sp³-hybridized carbons (Fsp3) is 0.188. The van der Waals surface area contributed by atoms with Gasteiger partial charge in [0.2, 0.25) is 5.76 Å². The van der Waals surface area contributed by atoms with E-state index in [1.165, 1.54) is 31.2 Å². The Bertz CT molecular complexity index is 908. The largest absolute Gasteiger partial charge is 0.453 e. The summed E-state index contributed by atoms with van der Waals surface area (Å²) in [5.41, 5.74) is 0.137. The maximum atomic E-state index is 12.1. The van der Waals surface area contributed by atoms with Crippen LogP contribution in [0.1, 0.15) is 17.5 Å². The van der Waals surface area contributed by atoms with Gasteiger partial charge in [-0.2, -0.15) is 0 Å². The summed E-state index contributed by atoms with van der Waals surface area (Å²) in [7, 11) is 1.08. The second-order valence-electron chi connectivity index (χ2n) is 5.11. The van der Waals surface area contributed by atoms with Crippen LogP contribution in [0.3, 0.4) is 0 Å². The molecule has 1 aromatic carbocycles. The zero-order valence-corrected chi connectivity index (χ0v) is 14.8.